The Morgan fingerprint density at radius 3 is 2.60 bits per heavy atom. The third-order valence-electron chi connectivity index (χ3n) is 4.35. The smallest absolute Gasteiger partial charge is 0.336 e. The first-order valence-electron chi connectivity index (χ1n) is 8.20. The van der Waals surface area contributed by atoms with Gasteiger partial charge in [-0.05, 0) is 29.7 Å². The molecule has 1 heterocycles. The second-order valence-corrected chi connectivity index (χ2v) is 6.14. The van der Waals surface area contributed by atoms with E-state index in [0.717, 1.165) is 16.5 Å². The van der Waals surface area contributed by atoms with Gasteiger partial charge in [-0.25, -0.2) is 4.79 Å². The molecule has 25 heavy (non-hydrogen) atoms. The molecule has 1 amide bonds. The fourth-order valence-corrected chi connectivity index (χ4v) is 2.96. The molecule has 0 aliphatic rings. The largest absolute Gasteiger partial charge is 0.478 e. The average molecular weight is 336 g/mol. The lowest BCUT2D eigenvalue weighted by Gasteiger charge is -2.13. The number of hydrogen-bond donors (Lipinski definition) is 3. The van der Waals surface area contributed by atoms with E-state index in [2.05, 4.69) is 10.3 Å². The molecule has 5 nitrogen and oxygen atoms in total. The number of amides is 1. The number of carbonyl (C=O) groups is 2. The Labute approximate surface area is 145 Å². The van der Waals surface area contributed by atoms with Gasteiger partial charge in [-0.1, -0.05) is 43.3 Å². The van der Waals surface area contributed by atoms with Crippen LogP contribution in [0.3, 0.4) is 0 Å². The maximum absolute atomic E-state index is 12.4. The van der Waals surface area contributed by atoms with Gasteiger partial charge in [-0.2, -0.15) is 0 Å². The fourth-order valence-electron chi connectivity index (χ4n) is 2.96. The predicted octanol–water partition coefficient (Wildman–Crippen LogP) is 3.36. The minimum absolute atomic E-state index is 0.0922. The lowest BCUT2D eigenvalue weighted by atomic mass is 9.99. The molecule has 0 aliphatic carbocycles. The highest BCUT2D eigenvalue weighted by Gasteiger charge is 2.16. The molecule has 3 rings (SSSR count). The summed E-state index contributed by atoms with van der Waals surface area (Å²) in [5.74, 6) is -1.29. The van der Waals surface area contributed by atoms with Crippen molar-refractivity contribution >= 4 is 22.8 Å². The number of carbonyl (C=O) groups excluding carboxylic acids is 1. The van der Waals surface area contributed by atoms with Gasteiger partial charge in [0.25, 0.3) is 0 Å². The van der Waals surface area contributed by atoms with E-state index in [-0.39, 0.29) is 23.9 Å². The first kappa shape index (κ1) is 16.8. The monoisotopic (exact) mass is 336 g/mol. The summed E-state index contributed by atoms with van der Waals surface area (Å²) in [6, 6.07) is 14.7. The zero-order valence-electron chi connectivity index (χ0n) is 14.0. The summed E-state index contributed by atoms with van der Waals surface area (Å²) in [6.07, 6.45) is 2.56. The molecule has 0 fully saturated rings. The van der Waals surface area contributed by atoms with Gasteiger partial charge in [0.15, 0.2) is 0 Å². The summed E-state index contributed by atoms with van der Waals surface area (Å²) in [5.41, 5.74) is 2.97. The van der Waals surface area contributed by atoms with Gasteiger partial charge < -0.3 is 15.4 Å². The summed E-state index contributed by atoms with van der Waals surface area (Å²) < 4.78 is 0. The minimum Gasteiger partial charge on any atom is -0.478 e. The van der Waals surface area contributed by atoms with Crippen molar-refractivity contribution in [3.8, 4) is 0 Å². The topological polar surface area (TPSA) is 82.2 Å². The predicted molar refractivity (Wildman–Crippen MR) is 96.4 cm³/mol. The molecule has 0 saturated heterocycles. The number of hydrogen-bond acceptors (Lipinski definition) is 2. The van der Waals surface area contributed by atoms with E-state index in [0.29, 0.717) is 12.0 Å². The minimum atomic E-state index is -0.989. The van der Waals surface area contributed by atoms with Crippen molar-refractivity contribution < 1.29 is 14.7 Å². The van der Waals surface area contributed by atoms with Gasteiger partial charge in [0.05, 0.1) is 5.56 Å². The van der Waals surface area contributed by atoms with Crippen LogP contribution in [0.5, 0.6) is 0 Å². The molecule has 0 aliphatic heterocycles. The number of aromatic carboxylic acids is 1. The molecule has 0 saturated carbocycles. The SMILES string of the molecule is CC(Cc1c[nH]c2ccccc12)C(=O)NCc1ccccc1C(=O)O. The third kappa shape index (κ3) is 3.71. The first-order chi connectivity index (χ1) is 12.1. The Balaban J connectivity index is 1.64. The van der Waals surface area contributed by atoms with Gasteiger partial charge in [0.2, 0.25) is 5.91 Å². The molecule has 0 bridgehead atoms. The number of rotatable bonds is 6. The Hall–Kier alpha value is -3.08. The molecule has 2 aromatic carbocycles. The summed E-state index contributed by atoms with van der Waals surface area (Å²) in [7, 11) is 0. The van der Waals surface area contributed by atoms with Crippen LogP contribution in [0.1, 0.15) is 28.4 Å². The Kier molecular flexibility index (Phi) is 4.84. The van der Waals surface area contributed by atoms with Crippen LogP contribution in [0.15, 0.2) is 54.7 Å². The van der Waals surface area contributed by atoms with Crippen molar-refractivity contribution in [2.24, 2.45) is 5.92 Å². The maximum atomic E-state index is 12.4. The number of benzene rings is 2. The summed E-state index contributed by atoms with van der Waals surface area (Å²) in [6.45, 7) is 2.08. The first-order valence-corrected chi connectivity index (χ1v) is 8.20. The molecule has 128 valence electrons. The third-order valence-corrected chi connectivity index (χ3v) is 4.35. The molecular weight excluding hydrogens is 316 g/mol. The highest BCUT2D eigenvalue weighted by molar-refractivity contribution is 5.89. The molecule has 1 unspecified atom stereocenters. The van der Waals surface area contributed by atoms with Crippen molar-refractivity contribution in [3.63, 3.8) is 0 Å². The normalized spacial score (nSPS) is 12.0. The number of aromatic amines is 1. The van der Waals surface area contributed by atoms with Crippen molar-refractivity contribution in [3.05, 3.63) is 71.4 Å². The van der Waals surface area contributed by atoms with Crippen LogP contribution in [-0.2, 0) is 17.8 Å². The van der Waals surface area contributed by atoms with Crippen LogP contribution in [0.25, 0.3) is 10.9 Å². The second-order valence-electron chi connectivity index (χ2n) is 6.14. The molecular formula is C20H20N2O3. The maximum Gasteiger partial charge on any atom is 0.336 e. The molecule has 0 spiro atoms. The molecule has 3 aromatic rings. The van der Waals surface area contributed by atoms with Crippen LogP contribution >= 0.6 is 0 Å². The van der Waals surface area contributed by atoms with Crippen molar-refractivity contribution in [1.29, 1.82) is 0 Å². The standard InChI is InChI=1S/C20H20N2O3/c1-13(10-15-12-21-18-9-5-4-7-16(15)18)19(23)22-11-14-6-2-3-8-17(14)20(24)25/h2-9,12-13,21H,10-11H2,1H3,(H,22,23)(H,24,25). The van der Waals surface area contributed by atoms with Gasteiger partial charge in [-0.3, -0.25) is 4.79 Å². The Morgan fingerprint density at radius 1 is 1.08 bits per heavy atom. The van der Waals surface area contributed by atoms with Crippen molar-refractivity contribution in [1.82, 2.24) is 10.3 Å². The van der Waals surface area contributed by atoms with E-state index < -0.39 is 5.97 Å². The summed E-state index contributed by atoms with van der Waals surface area (Å²) in [4.78, 5) is 26.8. The Morgan fingerprint density at radius 2 is 1.80 bits per heavy atom. The number of nitrogens with one attached hydrogen (secondary N) is 2. The molecule has 3 N–H and O–H groups in total. The number of fused-ring (bicyclic) bond motifs is 1. The number of aromatic nitrogens is 1. The highest BCUT2D eigenvalue weighted by atomic mass is 16.4. The van der Waals surface area contributed by atoms with Crippen LogP contribution in [0.4, 0.5) is 0 Å². The molecule has 5 heteroatoms. The summed E-state index contributed by atoms with van der Waals surface area (Å²) in [5, 5.41) is 13.2. The van der Waals surface area contributed by atoms with Crippen molar-refractivity contribution in [2.75, 3.05) is 0 Å². The van der Waals surface area contributed by atoms with Gasteiger partial charge in [0, 0.05) is 29.6 Å². The average Bonchev–Trinajstić information content (AvgIpc) is 3.03. The van der Waals surface area contributed by atoms with E-state index in [1.807, 2.05) is 37.4 Å². The van der Waals surface area contributed by atoms with E-state index in [9.17, 15) is 14.7 Å². The molecule has 1 atom stereocenters. The number of para-hydroxylation sites is 1. The van der Waals surface area contributed by atoms with Crippen LogP contribution in [-0.4, -0.2) is 22.0 Å². The van der Waals surface area contributed by atoms with E-state index >= 15 is 0 Å². The lowest BCUT2D eigenvalue weighted by molar-refractivity contribution is -0.124. The molecule has 0 radical (unpaired) electrons. The quantitative estimate of drug-likeness (QED) is 0.645. The van der Waals surface area contributed by atoms with Crippen molar-refractivity contribution in [2.45, 2.75) is 19.9 Å². The van der Waals surface area contributed by atoms with Gasteiger partial charge >= 0.3 is 5.97 Å². The second kappa shape index (κ2) is 7.21. The van der Waals surface area contributed by atoms with Crippen LogP contribution < -0.4 is 5.32 Å². The molecule has 1 aromatic heterocycles. The van der Waals surface area contributed by atoms with Gasteiger partial charge in [-0.15, -0.1) is 0 Å². The van der Waals surface area contributed by atoms with Gasteiger partial charge in [0.1, 0.15) is 0 Å². The summed E-state index contributed by atoms with van der Waals surface area (Å²) >= 11 is 0. The number of carboxylic acid groups (broad SMARTS) is 1. The van der Waals surface area contributed by atoms with E-state index in [1.54, 1.807) is 24.3 Å². The van der Waals surface area contributed by atoms with E-state index in [1.165, 1.54) is 0 Å². The van der Waals surface area contributed by atoms with E-state index in [4.69, 9.17) is 0 Å². The zero-order valence-corrected chi connectivity index (χ0v) is 14.0. The van der Waals surface area contributed by atoms with Crippen LogP contribution in [0, 0.1) is 5.92 Å². The zero-order chi connectivity index (χ0) is 17.8. The van der Waals surface area contributed by atoms with Crippen LogP contribution in [0.2, 0.25) is 0 Å². The number of carboxylic acids is 1. The highest BCUT2D eigenvalue weighted by Crippen LogP contribution is 2.20. The lowest BCUT2D eigenvalue weighted by Crippen LogP contribution is -2.30. The Bertz CT molecular complexity index is 914. The fraction of sp³-hybridized carbons (Fsp3) is 0.200. The number of H-pyrrole nitrogens is 1.